The Bertz CT molecular complexity index is 431. The van der Waals surface area contributed by atoms with E-state index >= 15 is 0 Å². The molecular formula is C13H17NO3. The first-order valence-electron chi connectivity index (χ1n) is 5.84. The number of carbonyl (C=O) groups is 1. The van der Waals surface area contributed by atoms with Gasteiger partial charge in [0.1, 0.15) is 5.75 Å². The van der Waals surface area contributed by atoms with Gasteiger partial charge in [-0.25, -0.2) is 0 Å². The molecule has 0 spiro atoms. The summed E-state index contributed by atoms with van der Waals surface area (Å²) in [6.07, 6.45) is 1.97. The van der Waals surface area contributed by atoms with Crippen molar-refractivity contribution in [2.24, 2.45) is 5.73 Å². The average molecular weight is 235 g/mol. The van der Waals surface area contributed by atoms with Gasteiger partial charge in [-0.15, -0.1) is 0 Å². The highest BCUT2D eigenvalue weighted by Crippen LogP contribution is 2.33. The predicted molar refractivity (Wildman–Crippen MR) is 64.3 cm³/mol. The molecule has 4 heteroatoms. The molecule has 0 aliphatic carbocycles. The van der Waals surface area contributed by atoms with Crippen molar-refractivity contribution in [3.8, 4) is 5.75 Å². The lowest BCUT2D eigenvalue weighted by molar-refractivity contribution is -0.138. The molecule has 0 saturated carbocycles. The molecular weight excluding hydrogens is 218 g/mol. The fourth-order valence-corrected chi connectivity index (χ4v) is 2.27. The van der Waals surface area contributed by atoms with Crippen LogP contribution in [0.1, 0.15) is 30.4 Å². The Hall–Kier alpha value is -1.55. The molecule has 0 bridgehead atoms. The van der Waals surface area contributed by atoms with Gasteiger partial charge in [-0.2, -0.15) is 0 Å². The van der Waals surface area contributed by atoms with E-state index in [2.05, 4.69) is 0 Å². The van der Waals surface area contributed by atoms with E-state index in [9.17, 15) is 4.79 Å². The van der Waals surface area contributed by atoms with Crippen LogP contribution >= 0.6 is 0 Å². The summed E-state index contributed by atoms with van der Waals surface area (Å²) in [7, 11) is 0. The van der Waals surface area contributed by atoms with E-state index in [0.717, 1.165) is 29.7 Å². The quantitative estimate of drug-likeness (QED) is 0.833. The fraction of sp³-hybridized carbons (Fsp3) is 0.462. The van der Waals surface area contributed by atoms with E-state index < -0.39 is 11.9 Å². The predicted octanol–water partition coefficient (Wildman–Crippen LogP) is 1.53. The van der Waals surface area contributed by atoms with Gasteiger partial charge >= 0.3 is 5.97 Å². The second-order valence-corrected chi connectivity index (χ2v) is 4.42. The van der Waals surface area contributed by atoms with Gasteiger partial charge in [-0.1, -0.05) is 12.1 Å². The van der Waals surface area contributed by atoms with Crippen LogP contribution in [-0.2, 0) is 11.2 Å². The number of hydrogen-bond donors (Lipinski definition) is 2. The normalized spacial score (nSPS) is 20.2. The lowest BCUT2D eigenvalue weighted by Gasteiger charge is -2.26. The highest BCUT2D eigenvalue weighted by Gasteiger charge is 2.25. The van der Waals surface area contributed by atoms with Crippen molar-refractivity contribution in [3.63, 3.8) is 0 Å². The number of rotatable bonds is 3. The number of hydrogen-bond acceptors (Lipinski definition) is 3. The van der Waals surface area contributed by atoms with Gasteiger partial charge in [0.05, 0.1) is 12.0 Å². The van der Waals surface area contributed by atoms with Crippen LogP contribution < -0.4 is 10.5 Å². The molecule has 0 aromatic heterocycles. The maximum Gasteiger partial charge on any atom is 0.312 e. The minimum absolute atomic E-state index is 0.112. The smallest absolute Gasteiger partial charge is 0.312 e. The van der Waals surface area contributed by atoms with E-state index in [1.54, 1.807) is 0 Å². The molecule has 0 radical (unpaired) electrons. The molecule has 1 aromatic rings. The summed E-state index contributed by atoms with van der Waals surface area (Å²) in [6.45, 7) is 2.13. The molecule has 0 amide bonds. The number of benzene rings is 1. The average Bonchev–Trinajstić information content (AvgIpc) is 2.29. The van der Waals surface area contributed by atoms with E-state index in [-0.39, 0.29) is 12.6 Å². The highest BCUT2D eigenvalue weighted by atomic mass is 16.5. The van der Waals surface area contributed by atoms with Crippen molar-refractivity contribution in [3.05, 3.63) is 29.3 Å². The number of fused-ring (bicyclic) bond motifs is 1. The second kappa shape index (κ2) is 4.75. The first-order valence-corrected chi connectivity index (χ1v) is 5.84. The molecule has 1 aliphatic rings. The first kappa shape index (κ1) is 11.9. The van der Waals surface area contributed by atoms with Crippen LogP contribution in [0.5, 0.6) is 5.75 Å². The standard InChI is InChI=1S/C13H17NO3/c1-8-5-6-10-9(11(7-14)13(15)16)3-2-4-12(10)17-8/h2-4,8,11H,5-7,14H2,1H3,(H,15,16). The van der Waals surface area contributed by atoms with Crippen molar-refractivity contribution in [1.29, 1.82) is 0 Å². The molecule has 3 N–H and O–H groups in total. The first-order chi connectivity index (χ1) is 8.13. The van der Waals surface area contributed by atoms with Crippen molar-refractivity contribution in [2.75, 3.05) is 6.54 Å². The third-order valence-corrected chi connectivity index (χ3v) is 3.21. The monoisotopic (exact) mass is 235 g/mol. The van der Waals surface area contributed by atoms with E-state index in [0.29, 0.717) is 0 Å². The Morgan fingerprint density at radius 3 is 3.06 bits per heavy atom. The van der Waals surface area contributed by atoms with Crippen molar-refractivity contribution < 1.29 is 14.6 Å². The van der Waals surface area contributed by atoms with Gasteiger partial charge in [0, 0.05) is 6.54 Å². The Kier molecular flexibility index (Phi) is 3.33. The maximum absolute atomic E-state index is 11.2. The third-order valence-electron chi connectivity index (χ3n) is 3.21. The Balaban J connectivity index is 2.42. The van der Waals surface area contributed by atoms with E-state index in [1.165, 1.54) is 0 Å². The molecule has 2 rings (SSSR count). The zero-order valence-corrected chi connectivity index (χ0v) is 9.85. The topological polar surface area (TPSA) is 72.6 Å². The van der Waals surface area contributed by atoms with E-state index in [1.807, 2.05) is 25.1 Å². The highest BCUT2D eigenvalue weighted by molar-refractivity contribution is 5.77. The number of carboxylic acids is 1. The fourth-order valence-electron chi connectivity index (χ4n) is 2.27. The summed E-state index contributed by atoms with van der Waals surface area (Å²) in [5.74, 6) is -0.706. The number of nitrogens with two attached hydrogens (primary N) is 1. The van der Waals surface area contributed by atoms with Crippen LogP contribution in [0, 0.1) is 0 Å². The Labute approximate surface area is 100 Å². The van der Waals surface area contributed by atoms with Crippen molar-refractivity contribution in [1.82, 2.24) is 0 Å². The number of carboxylic acid groups (broad SMARTS) is 1. The van der Waals surface area contributed by atoms with Gasteiger partial charge in [0.25, 0.3) is 0 Å². The molecule has 1 heterocycles. The van der Waals surface area contributed by atoms with Gasteiger partial charge in [0.2, 0.25) is 0 Å². The molecule has 2 atom stereocenters. The van der Waals surface area contributed by atoms with Crippen LogP contribution in [0.2, 0.25) is 0 Å². The molecule has 0 saturated heterocycles. The largest absolute Gasteiger partial charge is 0.490 e. The molecule has 4 nitrogen and oxygen atoms in total. The summed E-state index contributed by atoms with van der Waals surface area (Å²) in [5.41, 5.74) is 7.34. The molecule has 1 aliphatic heterocycles. The molecule has 2 unspecified atom stereocenters. The second-order valence-electron chi connectivity index (χ2n) is 4.42. The zero-order chi connectivity index (χ0) is 12.4. The van der Waals surface area contributed by atoms with Gasteiger partial charge in [0.15, 0.2) is 0 Å². The van der Waals surface area contributed by atoms with Crippen molar-refractivity contribution in [2.45, 2.75) is 31.8 Å². The minimum Gasteiger partial charge on any atom is -0.490 e. The van der Waals surface area contributed by atoms with Gasteiger partial charge in [-0.05, 0) is 37.0 Å². The zero-order valence-electron chi connectivity index (χ0n) is 9.85. The van der Waals surface area contributed by atoms with Crippen LogP contribution in [-0.4, -0.2) is 23.7 Å². The third kappa shape index (κ3) is 2.26. The maximum atomic E-state index is 11.2. The van der Waals surface area contributed by atoms with Crippen LogP contribution in [0.25, 0.3) is 0 Å². The van der Waals surface area contributed by atoms with Gasteiger partial charge in [-0.3, -0.25) is 4.79 Å². The number of aliphatic carboxylic acids is 1. The minimum atomic E-state index is -0.875. The van der Waals surface area contributed by atoms with E-state index in [4.69, 9.17) is 15.6 Å². The van der Waals surface area contributed by atoms with Crippen molar-refractivity contribution >= 4 is 5.97 Å². The SMILES string of the molecule is CC1CCc2c(cccc2C(CN)C(=O)O)O1. The Morgan fingerprint density at radius 1 is 1.65 bits per heavy atom. The summed E-state index contributed by atoms with van der Waals surface area (Å²) in [6, 6.07) is 5.56. The van der Waals surface area contributed by atoms with Crippen LogP contribution in [0.3, 0.4) is 0 Å². The summed E-state index contributed by atoms with van der Waals surface area (Å²) < 4.78 is 5.71. The molecule has 92 valence electrons. The lowest BCUT2D eigenvalue weighted by Crippen LogP contribution is -2.25. The summed E-state index contributed by atoms with van der Waals surface area (Å²) in [4.78, 5) is 11.2. The Morgan fingerprint density at radius 2 is 2.41 bits per heavy atom. The van der Waals surface area contributed by atoms with Crippen LogP contribution in [0.15, 0.2) is 18.2 Å². The molecule has 0 fully saturated rings. The summed E-state index contributed by atoms with van der Waals surface area (Å²) in [5, 5.41) is 9.16. The van der Waals surface area contributed by atoms with Gasteiger partial charge < -0.3 is 15.6 Å². The van der Waals surface area contributed by atoms with Crippen LogP contribution in [0.4, 0.5) is 0 Å². The molecule has 1 aromatic carbocycles. The number of ether oxygens (including phenoxy) is 1. The molecule has 17 heavy (non-hydrogen) atoms. The summed E-state index contributed by atoms with van der Waals surface area (Å²) >= 11 is 0. The lowest BCUT2D eigenvalue weighted by atomic mass is 9.89.